The Kier molecular flexibility index (Phi) is 14.3. The van der Waals surface area contributed by atoms with Crippen molar-refractivity contribution < 1.29 is 46.5 Å². The summed E-state index contributed by atoms with van der Waals surface area (Å²) >= 11 is -1.12. The van der Waals surface area contributed by atoms with Crippen LogP contribution < -0.4 is 9.99 Å². The third-order valence-corrected chi connectivity index (χ3v) is 10.3. The molecule has 0 aliphatic rings. The molecule has 1 amide bonds. The van der Waals surface area contributed by atoms with Crippen LogP contribution in [0, 0.1) is 13.8 Å². The average molecular weight is 744 g/mol. The first-order valence-corrected chi connectivity index (χ1v) is 17.8. The second kappa shape index (κ2) is 18.4. The van der Waals surface area contributed by atoms with Crippen LogP contribution in [0.2, 0.25) is 0 Å². The molecule has 0 aromatic heterocycles. The number of fused-ring (bicyclic) bond motifs is 1. The molecule has 270 valence electrons. The number of alkyl halides is 4. The Morgan fingerprint density at radius 2 is 1.27 bits per heavy atom. The van der Waals surface area contributed by atoms with E-state index in [0.29, 0.717) is 24.4 Å². The van der Waals surface area contributed by atoms with E-state index in [1.54, 1.807) is 29.2 Å². The van der Waals surface area contributed by atoms with Gasteiger partial charge < -0.3 is 19.6 Å². The van der Waals surface area contributed by atoms with Gasteiger partial charge in [-0.05, 0) is 85.5 Å². The smallest absolute Gasteiger partial charge is 0.432 e. The quantitative estimate of drug-likeness (QED) is 0.0391. The molecule has 0 N–H and O–H groups in total. The fourth-order valence-electron chi connectivity index (χ4n) is 5.04. The Hall–Kier alpha value is -4.11. The molecular weight excluding hydrogens is 707 g/mol. The van der Waals surface area contributed by atoms with Crippen LogP contribution in [0.3, 0.4) is 0 Å². The highest BCUT2D eigenvalue weighted by atomic mass is 32.2. The van der Waals surface area contributed by atoms with Crippen molar-refractivity contribution in [1.29, 1.82) is 0 Å². The van der Waals surface area contributed by atoms with Crippen LogP contribution in [-0.4, -0.2) is 35.4 Å². The highest BCUT2D eigenvalue weighted by Gasteiger charge is 2.60. The van der Waals surface area contributed by atoms with Crippen LogP contribution >= 0.6 is 12.0 Å². The summed E-state index contributed by atoms with van der Waals surface area (Å²) in [5.74, 6) is 0.662. The van der Waals surface area contributed by atoms with E-state index < -0.39 is 30.0 Å². The molecule has 5 rings (SSSR count). The lowest BCUT2D eigenvalue weighted by Gasteiger charge is -2.24. The molecule has 0 unspecified atom stereocenters. The Labute approximate surface area is 301 Å². The molecule has 0 fully saturated rings. The molecule has 0 aliphatic heterocycles. The zero-order chi connectivity index (χ0) is 37.0. The van der Waals surface area contributed by atoms with Crippen molar-refractivity contribution in [3.8, 4) is 5.75 Å². The first-order valence-electron chi connectivity index (χ1n) is 15.8. The fourth-order valence-corrected chi connectivity index (χ4v) is 7.57. The summed E-state index contributed by atoms with van der Waals surface area (Å²) in [5, 5.41) is 8.92. The zero-order valence-corrected chi connectivity index (χ0v) is 29.9. The molecule has 0 aliphatic carbocycles. The third kappa shape index (κ3) is 10.5. The topological polar surface area (TPSA) is 80.3 Å². The molecule has 0 radical (unpaired) electrons. The highest BCUT2D eigenvalue weighted by Crippen LogP contribution is 2.45. The van der Waals surface area contributed by atoms with Crippen molar-refractivity contribution in [2.24, 2.45) is 0 Å². The van der Waals surface area contributed by atoms with Crippen molar-refractivity contribution >= 4 is 39.8 Å². The van der Waals surface area contributed by atoms with Crippen LogP contribution in [0.25, 0.3) is 10.8 Å². The maximum absolute atomic E-state index is 13.3. The first kappa shape index (κ1) is 39.7. The second-order valence-electron chi connectivity index (χ2n) is 11.1. The summed E-state index contributed by atoms with van der Waals surface area (Å²) in [6, 6.07) is 37.3. The molecule has 5 aromatic rings. The molecule has 7 nitrogen and oxygen atoms in total. The van der Waals surface area contributed by atoms with Gasteiger partial charge in [-0.25, -0.2) is 4.79 Å². The van der Waals surface area contributed by atoms with Gasteiger partial charge >= 0.3 is 17.5 Å². The predicted octanol–water partition coefficient (Wildman–Crippen LogP) is 9.65. The molecule has 0 heterocycles. The first-order chi connectivity index (χ1) is 24.4. The molecule has 13 heteroatoms. The number of halogens is 4. The monoisotopic (exact) mass is 743 g/mol. The van der Waals surface area contributed by atoms with Crippen molar-refractivity contribution in [2.45, 2.75) is 60.4 Å². The van der Waals surface area contributed by atoms with Gasteiger partial charge in [0.25, 0.3) is 0 Å². The Morgan fingerprint density at radius 1 is 0.745 bits per heavy atom. The highest BCUT2D eigenvalue weighted by molar-refractivity contribution is 7.97. The van der Waals surface area contributed by atoms with Crippen molar-refractivity contribution in [3.05, 3.63) is 132 Å². The van der Waals surface area contributed by atoms with Gasteiger partial charge in [-0.3, -0.25) is 5.04 Å². The summed E-state index contributed by atoms with van der Waals surface area (Å²) in [7, 11) is -0.219. The number of aryl methyl sites for hydroxylation is 2. The van der Waals surface area contributed by atoms with E-state index in [9.17, 15) is 27.6 Å². The van der Waals surface area contributed by atoms with E-state index in [1.807, 2.05) is 52.0 Å². The number of hydrogen-bond donors (Lipinski definition) is 0. The van der Waals surface area contributed by atoms with E-state index >= 15 is 0 Å². The molecule has 0 spiro atoms. The van der Waals surface area contributed by atoms with Gasteiger partial charge in [0.05, 0.1) is 17.5 Å². The number of carbonyl (C=O) groups is 1. The number of carbonyl (C=O) groups excluding carboxylic acids is 1. The van der Waals surface area contributed by atoms with Crippen molar-refractivity contribution in [3.63, 3.8) is 0 Å². The number of rotatable bonds is 13. The van der Waals surface area contributed by atoms with Gasteiger partial charge in [0.2, 0.25) is 0 Å². The standard InChI is InChI=1S/C25H28NO2S.C13H10F4O4S/c1-5-26(6-2)25(27)28-24-19(3)17-23(18-20(24)4)29(21-13-9-7-10-14-21)22-15-11-8-12-16-22;14-12(15,13(16,17)22-21-20-18)19-8-9-5-6-10-3-1-2-4-11(10)7-9/h7-18H,5-6H2,1-4H3;1-7,18H,8H2/q+1;/p-1. The van der Waals surface area contributed by atoms with Gasteiger partial charge in [0, 0.05) is 25.2 Å². The second-order valence-corrected chi connectivity index (χ2v) is 13.9. The zero-order valence-electron chi connectivity index (χ0n) is 28.3. The minimum Gasteiger partial charge on any atom is -0.691 e. The van der Waals surface area contributed by atoms with E-state index in [-0.39, 0.29) is 17.0 Å². The number of benzene rings is 5. The predicted molar refractivity (Wildman–Crippen MR) is 188 cm³/mol. The average Bonchev–Trinajstić information content (AvgIpc) is 3.13. The third-order valence-electron chi connectivity index (χ3n) is 7.58. The molecular formula is C38H37F4NO6S2. The van der Waals surface area contributed by atoms with E-state index in [4.69, 9.17) is 4.74 Å². The number of amides is 1. The van der Waals surface area contributed by atoms with E-state index in [2.05, 4.69) is 74.8 Å². The SMILES string of the molecule is CCN(CC)C(=O)Oc1c(C)cc([S+](c2ccccc2)c2ccccc2)cc1C.[O-]OOSC(F)(F)C(F)(F)OCc1ccc2ccccc2c1. The van der Waals surface area contributed by atoms with Gasteiger partial charge in [0.1, 0.15) is 17.8 Å². The number of ether oxygens (including phenoxy) is 2. The summed E-state index contributed by atoms with van der Waals surface area (Å²) in [6.07, 6.45) is -5.14. The van der Waals surface area contributed by atoms with Gasteiger partial charge in [0.15, 0.2) is 14.7 Å². The van der Waals surface area contributed by atoms with Gasteiger partial charge in [-0.2, -0.15) is 21.9 Å². The Balaban J connectivity index is 0.000000238. The van der Waals surface area contributed by atoms with Crippen molar-refractivity contribution in [1.82, 2.24) is 4.90 Å². The van der Waals surface area contributed by atoms with Crippen molar-refractivity contribution in [2.75, 3.05) is 13.1 Å². The summed E-state index contributed by atoms with van der Waals surface area (Å²) in [5.41, 5.74) is 2.25. The van der Waals surface area contributed by atoms with Crippen LogP contribution in [0.5, 0.6) is 5.75 Å². The fraction of sp³-hybridized carbons (Fsp3) is 0.237. The lowest BCUT2D eigenvalue weighted by Crippen LogP contribution is -2.40. The Bertz CT molecular complexity index is 1800. The summed E-state index contributed by atoms with van der Waals surface area (Å²) in [6.45, 7) is 8.47. The summed E-state index contributed by atoms with van der Waals surface area (Å²) < 4.78 is 65.8. The largest absolute Gasteiger partial charge is 0.691 e. The normalized spacial score (nSPS) is 11.6. The number of nitrogens with zero attached hydrogens (tertiary/aromatic N) is 1. The van der Waals surface area contributed by atoms with Crippen LogP contribution in [0.4, 0.5) is 22.4 Å². The molecule has 0 atom stereocenters. The van der Waals surface area contributed by atoms with Crippen LogP contribution in [0.1, 0.15) is 30.5 Å². The molecule has 5 aromatic carbocycles. The molecule has 51 heavy (non-hydrogen) atoms. The lowest BCUT2D eigenvalue weighted by atomic mass is 10.1. The number of hydrogen-bond acceptors (Lipinski definition) is 7. The summed E-state index contributed by atoms with van der Waals surface area (Å²) in [4.78, 5) is 17.9. The Morgan fingerprint density at radius 3 is 1.80 bits per heavy atom. The van der Waals surface area contributed by atoms with Crippen LogP contribution in [-0.2, 0) is 31.6 Å². The maximum atomic E-state index is 13.3. The maximum Gasteiger partial charge on any atom is 0.432 e. The minimum absolute atomic E-state index is 0.219. The minimum atomic E-state index is -4.85. The van der Waals surface area contributed by atoms with Crippen LogP contribution in [0.15, 0.2) is 130 Å². The van der Waals surface area contributed by atoms with Gasteiger partial charge in [-0.15, -0.1) is 0 Å². The van der Waals surface area contributed by atoms with E-state index in [1.165, 1.54) is 20.8 Å². The van der Waals surface area contributed by atoms with E-state index in [0.717, 1.165) is 21.9 Å². The molecule has 0 bridgehead atoms. The molecule has 0 saturated heterocycles. The lowest BCUT2D eigenvalue weighted by molar-refractivity contribution is -0.777. The molecule has 0 saturated carbocycles. The van der Waals surface area contributed by atoms with Gasteiger partial charge in [-0.1, -0.05) is 72.8 Å².